The Labute approximate surface area is 130 Å². The molecule has 1 atom stereocenters. The topological polar surface area (TPSA) is 43.8 Å². The number of benzene rings is 1. The van der Waals surface area contributed by atoms with E-state index in [0.717, 1.165) is 38.0 Å². The fourth-order valence-corrected chi connectivity index (χ4v) is 4.00. The minimum atomic E-state index is -0.689. The lowest BCUT2D eigenvalue weighted by molar-refractivity contribution is -0.145. The third-order valence-corrected chi connectivity index (χ3v) is 5.29. The van der Waals surface area contributed by atoms with E-state index in [0.29, 0.717) is 13.1 Å². The molecule has 0 bridgehead atoms. The lowest BCUT2D eigenvalue weighted by Gasteiger charge is -2.40. The van der Waals surface area contributed by atoms with Gasteiger partial charge in [-0.25, -0.2) is 4.39 Å². The second-order valence-corrected chi connectivity index (χ2v) is 6.86. The van der Waals surface area contributed by atoms with Crippen molar-refractivity contribution in [1.29, 1.82) is 0 Å². The van der Waals surface area contributed by atoms with Crippen molar-refractivity contribution >= 4 is 5.97 Å². The van der Waals surface area contributed by atoms with E-state index in [1.54, 1.807) is 6.07 Å². The summed E-state index contributed by atoms with van der Waals surface area (Å²) >= 11 is 0. The van der Waals surface area contributed by atoms with Crippen LogP contribution in [0.25, 0.3) is 0 Å². The third kappa shape index (κ3) is 3.01. The van der Waals surface area contributed by atoms with Crippen LogP contribution in [0, 0.1) is 17.2 Å². The van der Waals surface area contributed by atoms with E-state index < -0.39 is 5.97 Å². The van der Waals surface area contributed by atoms with E-state index in [1.165, 1.54) is 12.1 Å². The number of likely N-dealkylation sites (tertiary alicyclic amines) is 2. The summed E-state index contributed by atoms with van der Waals surface area (Å²) in [6.45, 7) is 3.90. The molecule has 1 N–H and O–H groups in total. The number of carboxylic acids is 1. The summed E-state index contributed by atoms with van der Waals surface area (Å²) in [5.74, 6) is -1.23. The molecule has 2 saturated heterocycles. The van der Waals surface area contributed by atoms with E-state index in [2.05, 4.69) is 16.8 Å². The summed E-state index contributed by atoms with van der Waals surface area (Å²) in [5.41, 5.74) is 0.792. The Morgan fingerprint density at radius 1 is 1.41 bits per heavy atom. The first-order chi connectivity index (χ1) is 10.5. The summed E-state index contributed by atoms with van der Waals surface area (Å²) in [6.07, 6.45) is 1.86. The van der Waals surface area contributed by atoms with Crippen LogP contribution >= 0.6 is 0 Å². The largest absolute Gasteiger partial charge is 0.481 e. The first-order valence-electron chi connectivity index (χ1n) is 7.87. The van der Waals surface area contributed by atoms with E-state index in [9.17, 15) is 14.3 Å². The number of rotatable bonds is 3. The standard InChI is InChI=1S/C17H23FN2O2/c1-19-7-5-17(6-8-19)12-20(11-15(17)16(21)22)10-13-3-2-4-14(18)9-13/h2-4,9,15H,5-8,10-12H2,1H3,(H,21,22). The van der Waals surface area contributed by atoms with Crippen molar-refractivity contribution in [1.82, 2.24) is 9.80 Å². The normalized spacial score (nSPS) is 25.6. The van der Waals surface area contributed by atoms with Crippen molar-refractivity contribution in [2.24, 2.45) is 11.3 Å². The lowest BCUT2D eigenvalue weighted by Crippen LogP contribution is -2.44. The van der Waals surface area contributed by atoms with E-state index >= 15 is 0 Å². The molecule has 0 saturated carbocycles. The first kappa shape index (κ1) is 15.4. The molecule has 0 aromatic heterocycles. The predicted molar refractivity (Wildman–Crippen MR) is 82.0 cm³/mol. The molecule has 2 aliphatic rings. The van der Waals surface area contributed by atoms with Crippen LogP contribution in [0.15, 0.2) is 24.3 Å². The number of aliphatic carboxylic acids is 1. The van der Waals surface area contributed by atoms with Crippen LogP contribution in [0.1, 0.15) is 18.4 Å². The maximum absolute atomic E-state index is 13.3. The molecule has 4 nitrogen and oxygen atoms in total. The van der Waals surface area contributed by atoms with Gasteiger partial charge in [0.1, 0.15) is 5.82 Å². The second-order valence-electron chi connectivity index (χ2n) is 6.86. The quantitative estimate of drug-likeness (QED) is 0.928. The van der Waals surface area contributed by atoms with Crippen molar-refractivity contribution in [3.05, 3.63) is 35.6 Å². The predicted octanol–water partition coefficient (Wildman–Crippen LogP) is 2.05. The number of carboxylic acid groups (broad SMARTS) is 1. The van der Waals surface area contributed by atoms with Gasteiger partial charge >= 0.3 is 5.97 Å². The Kier molecular flexibility index (Phi) is 4.19. The molecule has 1 aromatic carbocycles. The molecule has 22 heavy (non-hydrogen) atoms. The zero-order valence-corrected chi connectivity index (χ0v) is 13.0. The molecule has 2 fully saturated rings. The Morgan fingerprint density at radius 3 is 2.77 bits per heavy atom. The van der Waals surface area contributed by atoms with Gasteiger partial charge in [0.05, 0.1) is 5.92 Å². The van der Waals surface area contributed by atoms with Crippen molar-refractivity contribution in [2.75, 3.05) is 33.2 Å². The highest BCUT2D eigenvalue weighted by atomic mass is 19.1. The first-order valence-corrected chi connectivity index (χ1v) is 7.87. The van der Waals surface area contributed by atoms with Gasteiger partial charge in [-0.2, -0.15) is 0 Å². The van der Waals surface area contributed by atoms with Crippen molar-refractivity contribution in [3.63, 3.8) is 0 Å². The van der Waals surface area contributed by atoms with Crippen molar-refractivity contribution < 1.29 is 14.3 Å². The SMILES string of the molecule is CN1CCC2(CC1)CN(Cc1cccc(F)c1)CC2C(=O)O. The number of halogens is 1. The minimum absolute atomic E-state index is 0.119. The number of nitrogens with zero attached hydrogens (tertiary/aromatic N) is 2. The van der Waals surface area contributed by atoms with Gasteiger partial charge in [-0.15, -0.1) is 0 Å². The van der Waals surface area contributed by atoms with E-state index in [4.69, 9.17) is 0 Å². The molecule has 0 amide bonds. The number of hydrogen-bond donors (Lipinski definition) is 1. The van der Waals surface area contributed by atoms with Gasteiger partial charge in [0.25, 0.3) is 0 Å². The van der Waals surface area contributed by atoms with Crippen molar-refractivity contribution in [2.45, 2.75) is 19.4 Å². The fourth-order valence-electron chi connectivity index (χ4n) is 4.00. The Balaban J connectivity index is 1.74. The van der Waals surface area contributed by atoms with Gasteiger partial charge in [-0.3, -0.25) is 9.69 Å². The zero-order valence-electron chi connectivity index (χ0n) is 13.0. The van der Waals surface area contributed by atoms with Crippen LogP contribution in [-0.2, 0) is 11.3 Å². The van der Waals surface area contributed by atoms with Crippen LogP contribution in [0.3, 0.4) is 0 Å². The summed E-state index contributed by atoms with van der Waals surface area (Å²) in [4.78, 5) is 16.2. The van der Waals surface area contributed by atoms with Crippen LogP contribution in [0.4, 0.5) is 4.39 Å². The van der Waals surface area contributed by atoms with Crippen LogP contribution in [0.2, 0.25) is 0 Å². The van der Waals surface area contributed by atoms with E-state index in [-0.39, 0.29) is 17.2 Å². The summed E-state index contributed by atoms with van der Waals surface area (Å²) < 4.78 is 13.3. The van der Waals surface area contributed by atoms with Gasteiger partial charge in [0.2, 0.25) is 0 Å². The number of hydrogen-bond acceptors (Lipinski definition) is 3. The Morgan fingerprint density at radius 2 is 2.14 bits per heavy atom. The maximum atomic E-state index is 13.3. The second kappa shape index (κ2) is 5.97. The maximum Gasteiger partial charge on any atom is 0.308 e. The minimum Gasteiger partial charge on any atom is -0.481 e. The molecule has 1 spiro atoms. The molecule has 2 aliphatic heterocycles. The highest BCUT2D eigenvalue weighted by Gasteiger charge is 2.50. The monoisotopic (exact) mass is 306 g/mol. The van der Waals surface area contributed by atoms with Crippen LogP contribution < -0.4 is 0 Å². The fraction of sp³-hybridized carbons (Fsp3) is 0.588. The summed E-state index contributed by atoms with van der Waals surface area (Å²) in [6, 6.07) is 6.58. The Bertz CT molecular complexity index is 555. The van der Waals surface area contributed by atoms with Gasteiger partial charge in [-0.1, -0.05) is 12.1 Å². The average molecular weight is 306 g/mol. The van der Waals surface area contributed by atoms with Crippen LogP contribution in [-0.4, -0.2) is 54.1 Å². The highest BCUT2D eigenvalue weighted by Crippen LogP contribution is 2.45. The van der Waals surface area contributed by atoms with Crippen LogP contribution in [0.5, 0.6) is 0 Å². The lowest BCUT2D eigenvalue weighted by atomic mass is 9.71. The number of piperidine rings is 1. The molecule has 5 heteroatoms. The average Bonchev–Trinajstić information content (AvgIpc) is 2.81. The van der Waals surface area contributed by atoms with Gasteiger partial charge in [0.15, 0.2) is 0 Å². The molecule has 0 radical (unpaired) electrons. The highest BCUT2D eigenvalue weighted by molar-refractivity contribution is 5.72. The molecule has 1 unspecified atom stereocenters. The zero-order chi connectivity index (χ0) is 15.7. The third-order valence-electron chi connectivity index (χ3n) is 5.29. The molecule has 2 heterocycles. The molecule has 1 aromatic rings. The molecular weight excluding hydrogens is 283 g/mol. The molecule has 3 rings (SSSR count). The summed E-state index contributed by atoms with van der Waals surface area (Å²) in [5, 5.41) is 9.62. The molecule has 120 valence electrons. The Hall–Kier alpha value is -1.46. The summed E-state index contributed by atoms with van der Waals surface area (Å²) in [7, 11) is 2.09. The smallest absolute Gasteiger partial charge is 0.308 e. The van der Waals surface area contributed by atoms with Gasteiger partial charge in [-0.05, 0) is 50.7 Å². The van der Waals surface area contributed by atoms with Gasteiger partial charge in [0, 0.05) is 25.0 Å². The molecular formula is C17H23FN2O2. The number of carbonyl (C=O) groups is 1. The van der Waals surface area contributed by atoms with Gasteiger partial charge < -0.3 is 10.0 Å². The van der Waals surface area contributed by atoms with E-state index in [1.807, 2.05) is 6.07 Å². The van der Waals surface area contributed by atoms with Crippen molar-refractivity contribution in [3.8, 4) is 0 Å². The molecule has 0 aliphatic carbocycles.